The van der Waals surface area contributed by atoms with E-state index < -0.39 is 0 Å². The van der Waals surface area contributed by atoms with Crippen LogP contribution in [0.3, 0.4) is 0 Å². The summed E-state index contributed by atoms with van der Waals surface area (Å²) < 4.78 is 2.37. The average Bonchev–Trinajstić information content (AvgIpc) is 2.81. The lowest BCUT2D eigenvalue weighted by Crippen LogP contribution is -2.39. The van der Waals surface area contributed by atoms with Gasteiger partial charge < -0.3 is 9.88 Å². The van der Waals surface area contributed by atoms with Crippen molar-refractivity contribution in [3.63, 3.8) is 0 Å². The topological polar surface area (TPSA) is 41.0 Å². The molecule has 3 rings (SSSR count). The van der Waals surface area contributed by atoms with Crippen molar-refractivity contribution in [2.75, 3.05) is 13.2 Å². The van der Waals surface area contributed by atoms with Crippen LogP contribution in [-0.2, 0) is 19.9 Å². The van der Waals surface area contributed by atoms with E-state index >= 15 is 0 Å². The van der Waals surface area contributed by atoms with E-state index in [1.54, 1.807) is 5.56 Å². The summed E-state index contributed by atoms with van der Waals surface area (Å²) in [5, 5.41) is 4.82. The van der Waals surface area contributed by atoms with Crippen LogP contribution in [0.15, 0.2) is 24.3 Å². The van der Waals surface area contributed by atoms with Gasteiger partial charge in [0, 0.05) is 29.7 Å². The minimum absolute atomic E-state index is 0.684. The molecule has 1 aromatic carbocycles. The summed E-state index contributed by atoms with van der Waals surface area (Å²) >= 11 is 0. The predicted molar refractivity (Wildman–Crippen MR) is 86.4 cm³/mol. The molecule has 3 N–H and O–H groups in total. The zero-order valence-corrected chi connectivity index (χ0v) is 12.4. The standard InChI is InChI=1S/C17H22N4/c1-3-19-20-12-18-11-13-8-9-17-15(10-13)14-6-4-5-7-16(14)21(17)2/h1,4-7,13,18-20H,8-12H2,2H3/t13-/m1/s1. The lowest BCUT2D eigenvalue weighted by Gasteiger charge is -2.24. The number of benzene rings is 1. The van der Waals surface area contributed by atoms with Gasteiger partial charge in [0.2, 0.25) is 0 Å². The molecule has 110 valence electrons. The van der Waals surface area contributed by atoms with Crippen LogP contribution in [0.4, 0.5) is 0 Å². The fourth-order valence-corrected chi connectivity index (χ4v) is 3.41. The van der Waals surface area contributed by atoms with Crippen LogP contribution in [0.25, 0.3) is 10.9 Å². The van der Waals surface area contributed by atoms with Crippen molar-refractivity contribution in [1.29, 1.82) is 0 Å². The maximum absolute atomic E-state index is 5.11. The number of hydrazine groups is 1. The molecule has 4 heteroatoms. The van der Waals surface area contributed by atoms with Crippen molar-refractivity contribution in [3.8, 4) is 12.5 Å². The highest BCUT2D eigenvalue weighted by Gasteiger charge is 2.23. The van der Waals surface area contributed by atoms with Gasteiger partial charge >= 0.3 is 0 Å². The average molecular weight is 282 g/mol. The number of fused-ring (bicyclic) bond motifs is 3. The SMILES string of the molecule is C#CNNCNC[C@@H]1CCc2c(c3ccccc3n2C)C1. The molecule has 0 saturated heterocycles. The number of aryl methyl sites for hydroxylation is 1. The minimum Gasteiger partial charge on any atom is -0.347 e. The summed E-state index contributed by atoms with van der Waals surface area (Å²) in [6, 6.07) is 11.1. The number of rotatable bonds is 5. The number of nitrogens with one attached hydrogen (secondary N) is 3. The van der Waals surface area contributed by atoms with Crippen LogP contribution >= 0.6 is 0 Å². The summed E-state index contributed by atoms with van der Waals surface area (Å²) in [5.74, 6) is 0.691. The van der Waals surface area contributed by atoms with Gasteiger partial charge in [-0.15, -0.1) is 0 Å². The van der Waals surface area contributed by atoms with E-state index in [1.165, 1.54) is 29.4 Å². The van der Waals surface area contributed by atoms with Gasteiger partial charge in [0.25, 0.3) is 0 Å². The summed E-state index contributed by atoms with van der Waals surface area (Å²) in [4.78, 5) is 0. The molecule has 0 spiro atoms. The smallest absolute Gasteiger partial charge is 0.0645 e. The Balaban J connectivity index is 1.68. The van der Waals surface area contributed by atoms with Crippen LogP contribution in [0.5, 0.6) is 0 Å². The first-order valence-electron chi connectivity index (χ1n) is 7.50. The van der Waals surface area contributed by atoms with Gasteiger partial charge in [-0.2, -0.15) is 0 Å². The normalized spacial score (nSPS) is 17.4. The van der Waals surface area contributed by atoms with Crippen molar-refractivity contribution in [2.24, 2.45) is 13.0 Å². The Morgan fingerprint density at radius 2 is 2.24 bits per heavy atom. The van der Waals surface area contributed by atoms with E-state index in [-0.39, 0.29) is 0 Å². The van der Waals surface area contributed by atoms with Crippen LogP contribution in [0.2, 0.25) is 0 Å². The van der Waals surface area contributed by atoms with Gasteiger partial charge in [-0.1, -0.05) is 24.6 Å². The van der Waals surface area contributed by atoms with E-state index in [0.717, 1.165) is 13.0 Å². The molecule has 1 heterocycles. The second-order valence-corrected chi connectivity index (χ2v) is 5.69. The first-order valence-corrected chi connectivity index (χ1v) is 7.50. The van der Waals surface area contributed by atoms with Gasteiger partial charge in [0.15, 0.2) is 0 Å². The van der Waals surface area contributed by atoms with Gasteiger partial charge in [-0.3, -0.25) is 5.43 Å². The van der Waals surface area contributed by atoms with Crippen molar-refractivity contribution < 1.29 is 0 Å². The van der Waals surface area contributed by atoms with Crippen LogP contribution in [0.1, 0.15) is 17.7 Å². The van der Waals surface area contributed by atoms with E-state index in [0.29, 0.717) is 12.6 Å². The molecule has 0 radical (unpaired) electrons. The Labute approximate surface area is 125 Å². The maximum Gasteiger partial charge on any atom is 0.0645 e. The molecule has 21 heavy (non-hydrogen) atoms. The number of aromatic nitrogens is 1. The number of para-hydroxylation sites is 1. The third-order valence-electron chi connectivity index (χ3n) is 4.43. The molecular formula is C17H22N4. The van der Waals surface area contributed by atoms with Crippen molar-refractivity contribution >= 4 is 10.9 Å². The highest BCUT2D eigenvalue weighted by molar-refractivity contribution is 5.85. The zero-order valence-electron chi connectivity index (χ0n) is 12.4. The fourth-order valence-electron chi connectivity index (χ4n) is 3.41. The number of hydrogen-bond donors (Lipinski definition) is 3. The molecule has 1 atom stereocenters. The van der Waals surface area contributed by atoms with Gasteiger partial charge in [0.1, 0.15) is 0 Å². The van der Waals surface area contributed by atoms with Crippen LogP contribution in [0, 0.1) is 18.4 Å². The van der Waals surface area contributed by atoms with E-state index in [4.69, 9.17) is 6.42 Å². The largest absolute Gasteiger partial charge is 0.347 e. The Bertz CT molecular complexity index is 665. The van der Waals surface area contributed by atoms with Crippen LogP contribution in [-0.4, -0.2) is 17.8 Å². The second-order valence-electron chi connectivity index (χ2n) is 5.69. The first kappa shape index (κ1) is 14.0. The van der Waals surface area contributed by atoms with Gasteiger partial charge in [-0.05, 0) is 43.4 Å². The highest BCUT2D eigenvalue weighted by atomic mass is 15.4. The molecule has 0 bridgehead atoms. The first-order chi connectivity index (χ1) is 10.3. The summed E-state index contributed by atoms with van der Waals surface area (Å²) in [5.41, 5.74) is 9.98. The minimum atomic E-state index is 0.684. The summed E-state index contributed by atoms with van der Waals surface area (Å²) in [6.45, 7) is 1.70. The quantitative estimate of drug-likeness (QED) is 0.256. The van der Waals surface area contributed by atoms with E-state index in [2.05, 4.69) is 58.1 Å². The molecule has 0 unspecified atom stereocenters. The lowest BCUT2D eigenvalue weighted by molar-refractivity contribution is 0.407. The molecular weight excluding hydrogens is 260 g/mol. The third kappa shape index (κ3) is 2.76. The fraction of sp³-hybridized carbons (Fsp3) is 0.412. The molecule has 0 fully saturated rings. The predicted octanol–water partition coefficient (Wildman–Crippen LogP) is 1.52. The zero-order chi connectivity index (χ0) is 14.7. The highest BCUT2D eigenvalue weighted by Crippen LogP contribution is 2.33. The Morgan fingerprint density at radius 1 is 1.38 bits per heavy atom. The number of terminal acetylenes is 1. The summed E-state index contributed by atoms with van der Waals surface area (Å²) in [6.07, 6.45) is 8.68. The van der Waals surface area contributed by atoms with Crippen LogP contribution < -0.4 is 16.2 Å². The van der Waals surface area contributed by atoms with Crippen molar-refractivity contribution in [1.82, 2.24) is 20.7 Å². The third-order valence-corrected chi connectivity index (χ3v) is 4.43. The molecule has 0 saturated carbocycles. The molecule has 0 aliphatic heterocycles. The Kier molecular flexibility index (Phi) is 4.14. The van der Waals surface area contributed by atoms with Gasteiger partial charge in [-0.25, -0.2) is 5.43 Å². The molecule has 4 nitrogen and oxygen atoms in total. The molecule has 1 aromatic heterocycles. The van der Waals surface area contributed by atoms with E-state index in [9.17, 15) is 0 Å². The lowest BCUT2D eigenvalue weighted by atomic mass is 9.86. The Hall–Kier alpha value is -1.96. The Morgan fingerprint density at radius 3 is 3.10 bits per heavy atom. The summed E-state index contributed by atoms with van der Waals surface area (Å²) in [7, 11) is 2.19. The second kappa shape index (κ2) is 6.21. The van der Waals surface area contributed by atoms with Crippen molar-refractivity contribution in [3.05, 3.63) is 35.5 Å². The molecule has 1 aliphatic rings. The van der Waals surface area contributed by atoms with Crippen molar-refractivity contribution in [2.45, 2.75) is 19.3 Å². The molecule has 2 aromatic rings. The number of hydrogen-bond acceptors (Lipinski definition) is 3. The molecule has 1 aliphatic carbocycles. The number of nitrogens with zero attached hydrogens (tertiary/aromatic N) is 1. The molecule has 0 amide bonds. The van der Waals surface area contributed by atoms with E-state index in [1.807, 2.05) is 0 Å². The van der Waals surface area contributed by atoms with Gasteiger partial charge in [0.05, 0.1) is 6.67 Å². The maximum atomic E-state index is 5.11. The monoisotopic (exact) mass is 282 g/mol.